The van der Waals surface area contributed by atoms with Gasteiger partial charge in [0, 0.05) is 41.3 Å². The van der Waals surface area contributed by atoms with Crippen molar-refractivity contribution < 1.29 is 18.0 Å². The number of pyridine rings is 1. The predicted octanol–water partition coefficient (Wildman–Crippen LogP) is 5.63. The molecule has 1 aliphatic rings. The molecule has 1 fully saturated rings. The third kappa shape index (κ3) is 4.48. The summed E-state index contributed by atoms with van der Waals surface area (Å²) in [5.41, 5.74) is 1.18. The van der Waals surface area contributed by atoms with E-state index in [1.807, 2.05) is 4.90 Å². The molecule has 2 heterocycles. The smallest absolute Gasteiger partial charge is 0.370 e. The van der Waals surface area contributed by atoms with Gasteiger partial charge in [0.05, 0.1) is 22.3 Å². The molecule has 5 nitrogen and oxygen atoms in total. The van der Waals surface area contributed by atoms with Gasteiger partial charge in [-0.25, -0.2) is 0 Å². The summed E-state index contributed by atoms with van der Waals surface area (Å²) < 4.78 is 38.7. The van der Waals surface area contributed by atoms with Crippen LogP contribution < -0.4 is 10.2 Å². The maximum absolute atomic E-state index is 12.9. The van der Waals surface area contributed by atoms with Crippen molar-refractivity contribution in [2.75, 3.05) is 23.3 Å². The van der Waals surface area contributed by atoms with Gasteiger partial charge in [0.25, 0.3) is 0 Å². The number of alkyl halides is 3. The minimum absolute atomic E-state index is 0.119. The molecule has 0 spiro atoms. The van der Waals surface area contributed by atoms with Crippen molar-refractivity contribution in [1.82, 2.24) is 4.98 Å². The lowest BCUT2D eigenvalue weighted by Gasteiger charge is -2.34. The Hall–Kier alpha value is -3.31. The number of piperidine rings is 1. The summed E-state index contributed by atoms with van der Waals surface area (Å²) in [5.74, 6) is -0.657. The highest BCUT2D eigenvalue weighted by Gasteiger charge is 2.31. The lowest BCUT2D eigenvalue weighted by molar-refractivity contribution is -0.137. The Labute approximate surface area is 187 Å². The predicted molar refractivity (Wildman–Crippen MR) is 116 cm³/mol. The molecule has 32 heavy (non-hydrogen) atoms. The van der Waals surface area contributed by atoms with Gasteiger partial charge in [-0.15, -0.1) is 0 Å². The van der Waals surface area contributed by atoms with Crippen LogP contribution in [0.4, 0.5) is 24.5 Å². The van der Waals surface area contributed by atoms with E-state index in [4.69, 9.17) is 11.6 Å². The van der Waals surface area contributed by atoms with Gasteiger partial charge in [-0.05, 0) is 49.2 Å². The molecule has 1 N–H and O–H groups in total. The van der Waals surface area contributed by atoms with Crippen molar-refractivity contribution in [3.63, 3.8) is 0 Å². The zero-order valence-corrected chi connectivity index (χ0v) is 17.5. The summed E-state index contributed by atoms with van der Waals surface area (Å²) in [6.45, 7) is 1.03. The number of anilines is 2. The number of nitrogens with one attached hydrogen (secondary N) is 1. The second-order valence-electron chi connectivity index (χ2n) is 7.62. The van der Waals surface area contributed by atoms with E-state index in [1.54, 1.807) is 18.2 Å². The first-order valence-electron chi connectivity index (χ1n) is 9.97. The van der Waals surface area contributed by atoms with Crippen LogP contribution in [0.5, 0.6) is 0 Å². The maximum atomic E-state index is 12.9. The van der Waals surface area contributed by atoms with Crippen molar-refractivity contribution in [3.8, 4) is 6.07 Å². The minimum Gasteiger partial charge on any atom is -0.370 e. The number of nitriles is 1. The van der Waals surface area contributed by atoms with Gasteiger partial charge in [-0.2, -0.15) is 18.4 Å². The summed E-state index contributed by atoms with van der Waals surface area (Å²) in [7, 11) is 0. The van der Waals surface area contributed by atoms with Crippen LogP contribution in [0, 0.1) is 17.2 Å². The molecule has 3 aromatic rings. The van der Waals surface area contributed by atoms with E-state index in [0.717, 1.165) is 23.2 Å². The van der Waals surface area contributed by atoms with E-state index in [2.05, 4.69) is 16.4 Å². The number of nitrogens with zero attached hydrogens (tertiary/aromatic N) is 3. The Morgan fingerprint density at radius 3 is 2.62 bits per heavy atom. The SMILES string of the molecule is N#Cc1cnc2ccc(Cl)cc2c1N1CCC(C(=O)Nc2cccc(C(F)(F)F)c2)CC1. The van der Waals surface area contributed by atoms with Gasteiger partial charge >= 0.3 is 6.18 Å². The van der Waals surface area contributed by atoms with Crippen molar-refractivity contribution in [2.24, 2.45) is 5.92 Å². The van der Waals surface area contributed by atoms with Crippen LogP contribution in [0.3, 0.4) is 0 Å². The second-order valence-corrected chi connectivity index (χ2v) is 8.06. The van der Waals surface area contributed by atoms with Crippen LogP contribution in [-0.4, -0.2) is 24.0 Å². The first-order chi connectivity index (χ1) is 15.3. The van der Waals surface area contributed by atoms with Crippen LogP contribution in [0.1, 0.15) is 24.0 Å². The Balaban J connectivity index is 1.49. The average molecular weight is 459 g/mol. The largest absolute Gasteiger partial charge is 0.416 e. The number of aromatic nitrogens is 1. The molecule has 0 atom stereocenters. The lowest BCUT2D eigenvalue weighted by Crippen LogP contribution is -2.38. The number of fused-ring (bicyclic) bond motifs is 1. The first kappa shape index (κ1) is 21.9. The van der Waals surface area contributed by atoms with Crippen LogP contribution >= 0.6 is 11.6 Å². The molecule has 0 unspecified atom stereocenters. The lowest BCUT2D eigenvalue weighted by atomic mass is 9.94. The molecule has 164 valence electrons. The fourth-order valence-electron chi connectivity index (χ4n) is 3.96. The molecule has 1 amide bonds. The summed E-state index contributed by atoms with van der Waals surface area (Å²) in [6, 6.07) is 12.1. The van der Waals surface area contributed by atoms with Gasteiger partial charge in [-0.3, -0.25) is 9.78 Å². The number of carbonyl (C=O) groups excluding carboxylic acids is 1. The van der Waals surface area contributed by atoms with Gasteiger partial charge in [0.1, 0.15) is 6.07 Å². The number of amides is 1. The molecule has 1 aliphatic heterocycles. The van der Waals surface area contributed by atoms with Crippen molar-refractivity contribution >= 4 is 39.8 Å². The minimum atomic E-state index is -4.47. The zero-order valence-electron chi connectivity index (χ0n) is 16.8. The molecular formula is C23H18ClF3N4O. The van der Waals surface area contributed by atoms with Gasteiger partial charge in [0.2, 0.25) is 5.91 Å². The molecule has 4 rings (SSSR count). The van der Waals surface area contributed by atoms with Crippen LogP contribution in [0.2, 0.25) is 5.02 Å². The van der Waals surface area contributed by atoms with Crippen molar-refractivity contribution in [3.05, 3.63) is 64.8 Å². The average Bonchev–Trinajstić information content (AvgIpc) is 2.78. The van der Waals surface area contributed by atoms with E-state index < -0.39 is 11.7 Å². The zero-order chi connectivity index (χ0) is 22.9. The third-order valence-electron chi connectivity index (χ3n) is 5.56. The van der Waals surface area contributed by atoms with E-state index in [1.165, 1.54) is 18.3 Å². The Kier molecular flexibility index (Phi) is 5.94. The quantitative estimate of drug-likeness (QED) is 0.552. The van der Waals surface area contributed by atoms with Crippen molar-refractivity contribution in [1.29, 1.82) is 5.26 Å². The first-order valence-corrected chi connectivity index (χ1v) is 10.4. The highest BCUT2D eigenvalue weighted by molar-refractivity contribution is 6.31. The van der Waals surface area contributed by atoms with Crippen LogP contribution in [0.15, 0.2) is 48.7 Å². The fourth-order valence-corrected chi connectivity index (χ4v) is 4.13. The number of carbonyl (C=O) groups is 1. The van der Waals surface area contributed by atoms with Crippen LogP contribution in [-0.2, 0) is 11.0 Å². The number of hydrogen-bond acceptors (Lipinski definition) is 4. The van der Waals surface area contributed by atoms with E-state index in [-0.39, 0.29) is 17.5 Å². The van der Waals surface area contributed by atoms with Gasteiger partial charge in [0.15, 0.2) is 0 Å². The highest BCUT2D eigenvalue weighted by atomic mass is 35.5. The molecule has 0 saturated carbocycles. The molecule has 0 aliphatic carbocycles. The second kappa shape index (κ2) is 8.67. The normalized spacial score (nSPS) is 14.9. The van der Waals surface area contributed by atoms with Crippen molar-refractivity contribution in [2.45, 2.75) is 19.0 Å². The number of halogens is 4. The monoisotopic (exact) mass is 458 g/mol. The summed E-state index contributed by atoms with van der Waals surface area (Å²) in [6.07, 6.45) is -1.95. The molecule has 9 heteroatoms. The fraction of sp³-hybridized carbons (Fsp3) is 0.261. The number of hydrogen-bond donors (Lipinski definition) is 1. The van der Waals surface area contributed by atoms with Gasteiger partial charge in [-0.1, -0.05) is 17.7 Å². The maximum Gasteiger partial charge on any atom is 0.416 e. The molecule has 2 aromatic carbocycles. The van der Waals surface area contributed by atoms with E-state index in [9.17, 15) is 23.2 Å². The third-order valence-corrected chi connectivity index (χ3v) is 5.80. The number of rotatable bonds is 3. The molecule has 1 aromatic heterocycles. The Bertz CT molecular complexity index is 1210. The van der Waals surface area contributed by atoms with E-state index in [0.29, 0.717) is 42.0 Å². The van der Waals surface area contributed by atoms with Gasteiger partial charge < -0.3 is 10.2 Å². The Morgan fingerprint density at radius 1 is 1.19 bits per heavy atom. The Morgan fingerprint density at radius 2 is 1.94 bits per heavy atom. The molecule has 1 saturated heterocycles. The van der Waals surface area contributed by atoms with E-state index >= 15 is 0 Å². The topological polar surface area (TPSA) is 69.0 Å². The molecular weight excluding hydrogens is 441 g/mol. The highest BCUT2D eigenvalue weighted by Crippen LogP contribution is 2.34. The summed E-state index contributed by atoms with van der Waals surface area (Å²) in [5, 5.41) is 13.5. The molecule has 0 bridgehead atoms. The summed E-state index contributed by atoms with van der Waals surface area (Å²) >= 11 is 6.15. The molecule has 0 radical (unpaired) electrons. The standard InChI is InChI=1S/C23H18ClF3N4O/c24-17-4-5-20-19(11-17)21(15(12-28)13-29-20)31-8-6-14(7-9-31)22(32)30-18-3-1-2-16(10-18)23(25,26)27/h1-5,10-11,13-14H,6-9H2,(H,30,32). The van der Waals surface area contributed by atoms with Crippen LogP contribution in [0.25, 0.3) is 10.9 Å². The summed E-state index contributed by atoms with van der Waals surface area (Å²) in [4.78, 5) is 19.0. The number of benzene rings is 2.